The van der Waals surface area contributed by atoms with Crippen molar-refractivity contribution in [2.24, 2.45) is 0 Å². The van der Waals surface area contributed by atoms with Gasteiger partial charge in [-0.05, 0) is 43.7 Å². The van der Waals surface area contributed by atoms with Gasteiger partial charge in [0.1, 0.15) is 0 Å². The molecule has 16 heavy (non-hydrogen) atoms. The number of fused-ring (bicyclic) bond motifs is 1. The van der Waals surface area contributed by atoms with E-state index in [2.05, 4.69) is 38.2 Å². The number of hydrogen-bond donors (Lipinski definition) is 1. The third-order valence-corrected chi connectivity index (χ3v) is 4.79. The first-order valence-corrected chi connectivity index (χ1v) is 7.06. The third-order valence-electron chi connectivity index (χ3n) is 3.12. The maximum atomic E-state index is 6.10. The van der Waals surface area contributed by atoms with Gasteiger partial charge in [0.2, 0.25) is 0 Å². The molecule has 0 aromatic heterocycles. The van der Waals surface area contributed by atoms with Gasteiger partial charge in [0.05, 0.1) is 0 Å². The Hall–Kier alpha value is -0.180. The molecule has 0 amide bonds. The van der Waals surface area contributed by atoms with E-state index in [4.69, 9.17) is 11.6 Å². The van der Waals surface area contributed by atoms with Crippen LogP contribution in [0.15, 0.2) is 18.2 Å². The van der Waals surface area contributed by atoms with Crippen LogP contribution in [-0.2, 0) is 5.75 Å². The lowest BCUT2D eigenvalue weighted by molar-refractivity contribution is 0.450. The lowest BCUT2D eigenvalue weighted by atomic mass is 9.91. The van der Waals surface area contributed by atoms with Crippen molar-refractivity contribution in [3.63, 3.8) is 0 Å². The summed E-state index contributed by atoms with van der Waals surface area (Å²) in [5.74, 6) is 1.08. The van der Waals surface area contributed by atoms with Gasteiger partial charge in [0, 0.05) is 21.6 Å². The number of thioether (sulfide) groups is 1. The standard InChI is InChI=1S/C13H18ClNS/c1-4-15-12-11-7-10(14)6-5-9(11)8-16-13(12,2)3/h5-7,12,15H,4,8H2,1-3H3. The fraction of sp³-hybridized carbons (Fsp3) is 0.538. The van der Waals surface area contributed by atoms with Crippen LogP contribution >= 0.6 is 23.4 Å². The van der Waals surface area contributed by atoms with E-state index >= 15 is 0 Å². The predicted molar refractivity (Wildman–Crippen MR) is 73.2 cm³/mol. The van der Waals surface area contributed by atoms with E-state index in [0.717, 1.165) is 17.3 Å². The summed E-state index contributed by atoms with van der Waals surface area (Å²) in [6, 6.07) is 6.66. The topological polar surface area (TPSA) is 12.0 Å². The lowest BCUT2D eigenvalue weighted by Gasteiger charge is -2.40. The number of halogens is 1. The van der Waals surface area contributed by atoms with Crippen LogP contribution in [0.3, 0.4) is 0 Å². The highest BCUT2D eigenvalue weighted by atomic mass is 35.5. The highest BCUT2D eigenvalue weighted by Gasteiger charge is 2.35. The molecule has 1 heterocycles. The summed E-state index contributed by atoms with van der Waals surface area (Å²) in [4.78, 5) is 0. The van der Waals surface area contributed by atoms with Gasteiger partial charge in [-0.15, -0.1) is 11.8 Å². The van der Waals surface area contributed by atoms with Crippen LogP contribution in [0.5, 0.6) is 0 Å². The van der Waals surface area contributed by atoms with Crippen LogP contribution in [0.25, 0.3) is 0 Å². The molecular formula is C13H18ClNS. The first-order valence-electron chi connectivity index (χ1n) is 5.70. The monoisotopic (exact) mass is 255 g/mol. The van der Waals surface area contributed by atoms with Crippen LogP contribution < -0.4 is 5.32 Å². The molecule has 2 rings (SSSR count). The van der Waals surface area contributed by atoms with E-state index in [0.29, 0.717) is 6.04 Å². The van der Waals surface area contributed by atoms with Crippen molar-refractivity contribution in [2.45, 2.75) is 37.3 Å². The molecule has 1 atom stereocenters. The zero-order chi connectivity index (χ0) is 11.8. The van der Waals surface area contributed by atoms with Crippen molar-refractivity contribution >= 4 is 23.4 Å². The van der Waals surface area contributed by atoms with Crippen molar-refractivity contribution in [2.75, 3.05) is 6.54 Å². The highest BCUT2D eigenvalue weighted by molar-refractivity contribution is 8.00. The zero-order valence-corrected chi connectivity index (χ0v) is 11.6. The number of nitrogens with one attached hydrogen (secondary N) is 1. The molecule has 0 spiro atoms. The minimum absolute atomic E-state index is 0.230. The number of rotatable bonds is 2. The molecule has 1 N–H and O–H groups in total. The minimum atomic E-state index is 0.230. The summed E-state index contributed by atoms with van der Waals surface area (Å²) in [5.41, 5.74) is 2.79. The van der Waals surface area contributed by atoms with Crippen molar-refractivity contribution in [3.8, 4) is 0 Å². The van der Waals surface area contributed by atoms with E-state index in [9.17, 15) is 0 Å². The fourth-order valence-electron chi connectivity index (χ4n) is 2.25. The maximum absolute atomic E-state index is 6.10. The normalized spacial score (nSPS) is 22.9. The molecule has 1 aliphatic heterocycles. The smallest absolute Gasteiger partial charge is 0.0467 e. The Morgan fingerprint density at radius 2 is 2.25 bits per heavy atom. The maximum Gasteiger partial charge on any atom is 0.0467 e. The van der Waals surface area contributed by atoms with Crippen molar-refractivity contribution in [3.05, 3.63) is 34.3 Å². The number of hydrogen-bond acceptors (Lipinski definition) is 2. The van der Waals surface area contributed by atoms with E-state index in [1.54, 1.807) is 0 Å². The van der Waals surface area contributed by atoms with Gasteiger partial charge in [-0.2, -0.15) is 0 Å². The minimum Gasteiger partial charge on any atom is -0.309 e. The second kappa shape index (κ2) is 4.59. The largest absolute Gasteiger partial charge is 0.309 e. The Balaban J connectivity index is 2.44. The molecule has 1 nitrogen and oxygen atoms in total. The van der Waals surface area contributed by atoms with Gasteiger partial charge < -0.3 is 5.32 Å². The van der Waals surface area contributed by atoms with Crippen molar-refractivity contribution in [1.29, 1.82) is 0 Å². The Kier molecular flexibility index (Phi) is 3.53. The van der Waals surface area contributed by atoms with Crippen LogP contribution in [-0.4, -0.2) is 11.3 Å². The molecule has 0 saturated carbocycles. The summed E-state index contributed by atoms with van der Waals surface area (Å²) < 4.78 is 0.230. The Labute approximate surface area is 107 Å². The van der Waals surface area contributed by atoms with Crippen LogP contribution in [0.2, 0.25) is 5.02 Å². The molecular weight excluding hydrogens is 238 g/mol. The summed E-state index contributed by atoms with van der Waals surface area (Å²) in [6.07, 6.45) is 0. The molecule has 0 radical (unpaired) electrons. The average molecular weight is 256 g/mol. The molecule has 0 aliphatic carbocycles. The molecule has 1 aromatic rings. The number of benzene rings is 1. The van der Waals surface area contributed by atoms with Gasteiger partial charge in [-0.3, -0.25) is 0 Å². The van der Waals surface area contributed by atoms with Crippen LogP contribution in [0.4, 0.5) is 0 Å². The van der Waals surface area contributed by atoms with E-state index in [-0.39, 0.29) is 4.75 Å². The molecule has 88 valence electrons. The summed E-state index contributed by atoms with van der Waals surface area (Å²) in [6.45, 7) is 7.74. The van der Waals surface area contributed by atoms with Gasteiger partial charge >= 0.3 is 0 Å². The molecule has 0 saturated heterocycles. The molecule has 3 heteroatoms. The molecule has 0 bridgehead atoms. The SMILES string of the molecule is CCNC1c2cc(Cl)ccc2CSC1(C)C. The van der Waals surface area contributed by atoms with E-state index in [1.807, 2.05) is 17.8 Å². The molecule has 1 aliphatic rings. The van der Waals surface area contributed by atoms with Crippen LogP contribution in [0.1, 0.15) is 37.9 Å². The third kappa shape index (κ3) is 2.24. The predicted octanol–water partition coefficient (Wildman–Crippen LogP) is 4.02. The Morgan fingerprint density at radius 3 is 2.94 bits per heavy atom. The van der Waals surface area contributed by atoms with E-state index < -0.39 is 0 Å². The summed E-state index contributed by atoms with van der Waals surface area (Å²) in [5, 5.41) is 4.42. The first-order chi connectivity index (χ1) is 7.54. The lowest BCUT2D eigenvalue weighted by Crippen LogP contribution is -2.39. The van der Waals surface area contributed by atoms with Crippen molar-refractivity contribution in [1.82, 2.24) is 5.32 Å². The quantitative estimate of drug-likeness (QED) is 0.857. The zero-order valence-electron chi connectivity index (χ0n) is 10.0. The molecule has 0 fully saturated rings. The fourth-order valence-corrected chi connectivity index (χ4v) is 3.60. The van der Waals surface area contributed by atoms with Gasteiger partial charge in [0.15, 0.2) is 0 Å². The molecule has 1 unspecified atom stereocenters. The Morgan fingerprint density at radius 1 is 1.50 bits per heavy atom. The first kappa shape index (κ1) is 12.3. The highest BCUT2D eigenvalue weighted by Crippen LogP contribution is 2.45. The summed E-state index contributed by atoms with van der Waals surface area (Å²) >= 11 is 8.11. The van der Waals surface area contributed by atoms with Crippen LogP contribution in [0, 0.1) is 0 Å². The molecule has 1 aromatic carbocycles. The second-order valence-corrected chi connectivity index (χ2v) is 6.79. The Bertz CT molecular complexity index is 390. The second-order valence-electron chi connectivity index (χ2n) is 4.73. The summed E-state index contributed by atoms with van der Waals surface area (Å²) in [7, 11) is 0. The van der Waals surface area contributed by atoms with E-state index in [1.165, 1.54) is 11.1 Å². The van der Waals surface area contributed by atoms with Gasteiger partial charge in [-0.1, -0.05) is 24.6 Å². The van der Waals surface area contributed by atoms with Crippen molar-refractivity contribution < 1.29 is 0 Å². The van der Waals surface area contributed by atoms with Gasteiger partial charge in [-0.25, -0.2) is 0 Å². The average Bonchev–Trinajstić information content (AvgIpc) is 2.23. The van der Waals surface area contributed by atoms with Gasteiger partial charge in [0.25, 0.3) is 0 Å².